The van der Waals surface area contributed by atoms with Gasteiger partial charge in [-0.1, -0.05) is 36.4 Å². The van der Waals surface area contributed by atoms with Gasteiger partial charge < -0.3 is 10.3 Å². The van der Waals surface area contributed by atoms with Crippen LogP contribution in [0.5, 0.6) is 0 Å². The van der Waals surface area contributed by atoms with Crippen LogP contribution in [0.4, 0.5) is 0 Å². The molecule has 0 aliphatic carbocycles. The summed E-state index contributed by atoms with van der Waals surface area (Å²) in [7, 11) is -3.18. The van der Waals surface area contributed by atoms with Crippen LogP contribution in [0.25, 0.3) is 11.0 Å². The highest BCUT2D eigenvalue weighted by atomic mass is 32.2. The molecule has 10 heteroatoms. The van der Waals surface area contributed by atoms with Crippen LogP contribution in [0.3, 0.4) is 0 Å². The topological polar surface area (TPSA) is 125 Å². The minimum atomic E-state index is -3.18. The fraction of sp³-hybridized carbons (Fsp3) is 0.304. The molecule has 2 aliphatic heterocycles. The summed E-state index contributed by atoms with van der Waals surface area (Å²) in [5, 5.41) is 8.56. The average molecular weight is 466 g/mol. The highest BCUT2D eigenvalue weighted by Gasteiger charge is 2.37. The Morgan fingerprint density at radius 1 is 1.12 bits per heavy atom. The molecular formula is C23H23N5O4S. The first-order chi connectivity index (χ1) is 15.9. The van der Waals surface area contributed by atoms with Gasteiger partial charge in [0.05, 0.1) is 41.0 Å². The molecule has 0 bridgehead atoms. The largest absolute Gasteiger partial charge is 0.345 e. The van der Waals surface area contributed by atoms with Crippen molar-refractivity contribution in [1.29, 1.82) is 0 Å². The van der Waals surface area contributed by atoms with Crippen molar-refractivity contribution in [2.75, 3.05) is 11.5 Å². The molecule has 0 unspecified atom stereocenters. The van der Waals surface area contributed by atoms with Crippen LogP contribution in [-0.4, -0.2) is 58.5 Å². The Bertz CT molecular complexity index is 1350. The Hall–Kier alpha value is -3.53. The van der Waals surface area contributed by atoms with Crippen molar-refractivity contribution in [3.8, 4) is 0 Å². The van der Waals surface area contributed by atoms with Crippen LogP contribution < -0.4 is 5.32 Å². The number of aromatic nitrogens is 2. The molecular weight excluding hydrogens is 442 g/mol. The number of rotatable bonds is 5. The standard InChI is InChI=1S/C23H23N5O4S/c29-21-9-8-19(27-28(21)17-10-11-33(31,32)13-17)23(30)26-22(15-4-2-1-3-5-15)16-6-7-18-20(12-16)25-14-24-18/h1-7,12,14,17,22H,8-11,13H2,(H,24,25)(H,26,30)/t17-,22-/m1/s1. The zero-order valence-electron chi connectivity index (χ0n) is 17.8. The zero-order chi connectivity index (χ0) is 23.0. The molecule has 2 atom stereocenters. The number of carbonyl (C=O) groups excluding carboxylic acids is 2. The number of amides is 2. The minimum absolute atomic E-state index is 0.0324. The first-order valence-electron chi connectivity index (χ1n) is 10.8. The second-order valence-electron chi connectivity index (χ2n) is 8.34. The van der Waals surface area contributed by atoms with Crippen molar-refractivity contribution in [2.45, 2.75) is 31.3 Å². The van der Waals surface area contributed by atoms with Crippen molar-refractivity contribution < 1.29 is 18.0 Å². The number of H-pyrrole nitrogens is 1. The summed E-state index contributed by atoms with van der Waals surface area (Å²) in [6.45, 7) is 0. The maximum absolute atomic E-state index is 13.2. The van der Waals surface area contributed by atoms with Crippen LogP contribution in [0.1, 0.15) is 36.4 Å². The van der Waals surface area contributed by atoms with Crippen LogP contribution in [0.2, 0.25) is 0 Å². The number of sulfone groups is 1. The molecule has 0 radical (unpaired) electrons. The van der Waals surface area contributed by atoms with E-state index >= 15 is 0 Å². The summed E-state index contributed by atoms with van der Waals surface area (Å²) in [6.07, 6.45) is 2.29. The van der Waals surface area contributed by atoms with Gasteiger partial charge in [0.15, 0.2) is 9.84 Å². The maximum atomic E-state index is 13.2. The van der Waals surface area contributed by atoms with Gasteiger partial charge in [-0.3, -0.25) is 9.59 Å². The second kappa shape index (κ2) is 8.43. The molecule has 5 rings (SSSR count). The molecule has 1 aromatic heterocycles. The monoisotopic (exact) mass is 465 g/mol. The summed E-state index contributed by atoms with van der Waals surface area (Å²) in [6, 6.07) is 14.4. The predicted molar refractivity (Wildman–Crippen MR) is 123 cm³/mol. The number of hydrazone groups is 1. The summed E-state index contributed by atoms with van der Waals surface area (Å²) >= 11 is 0. The molecule has 2 aromatic carbocycles. The average Bonchev–Trinajstić information content (AvgIpc) is 3.43. The van der Waals surface area contributed by atoms with Crippen molar-refractivity contribution in [3.05, 3.63) is 66.0 Å². The number of fused-ring (bicyclic) bond motifs is 1. The number of aromatic amines is 1. The first-order valence-corrected chi connectivity index (χ1v) is 12.6. The first kappa shape index (κ1) is 21.3. The molecule has 2 N–H and O–H groups in total. The van der Waals surface area contributed by atoms with Crippen LogP contribution >= 0.6 is 0 Å². The third-order valence-corrected chi connectivity index (χ3v) is 7.81. The molecule has 3 heterocycles. The summed E-state index contributed by atoms with van der Waals surface area (Å²) in [5.41, 5.74) is 3.68. The van der Waals surface area contributed by atoms with E-state index in [1.54, 1.807) is 6.33 Å². The molecule has 0 spiro atoms. The van der Waals surface area contributed by atoms with E-state index in [1.165, 1.54) is 5.01 Å². The third-order valence-electron chi connectivity index (χ3n) is 6.06. The predicted octanol–water partition coefficient (Wildman–Crippen LogP) is 1.93. The molecule has 9 nitrogen and oxygen atoms in total. The zero-order valence-corrected chi connectivity index (χ0v) is 18.6. The Labute approximate surface area is 190 Å². The second-order valence-corrected chi connectivity index (χ2v) is 10.6. The van der Waals surface area contributed by atoms with Gasteiger partial charge in [-0.05, 0) is 29.7 Å². The Balaban J connectivity index is 1.43. The van der Waals surface area contributed by atoms with E-state index in [0.717, 1.165) is 22.2 Å². The molecule has 170 valence electrons. The molecule has 1 fully saturated rings. The van der Waals surface area contributed by atoms with Gasteiger partial charge in [0, 0.05) is 12.8 Å². The van der Waals surface area contributed by atoms with Gasteiger partial charge in [0.2, 0.25) is 5.91 Å². The summed E-state index contributed by atoms with van der Waals surface area (Å²) < 4.78 is 23.7. The number of nitrogens with zero attached hydrogens (tertiary/aromatic N) is 3. The molecule has 2 aliphatic rings. The van der Waals surface area contributed by atoms with Gasteiger partial charge in [-0.25, -0.2) is 18.4 Å². The van der Waals surface area contributed by atoms with E-state index in [0.29, 0.717) is 6.42 Å². The Morgan fingerprint density at radius 3 is 2.70 bits per heavy atom. The van der Waals surface area contributed by atoms with Gasteiger partial charge in [-0.2, -0.15) is 5.10 Å². The normalized spacial score (nSPS) is 21.1. The van der Waals surface area contributed by atoms with E-state index in [9.17, 15) is 18.0 Å². The van der Waals surface area contributed by atoms with Crippen molar-refractivity contribution in [1.82, 2.24) is 20.3 Å². The smallest absolute Gasteiger partial charge is 0.268 e. The lowest BCUT2D eigenvalue weighted by Crippen LogP contribution is -2.44. The molecule has 2 amide bonds. The van der Waals surface area contributed by atoms with Crippen LogP contribution in [-0.2, 0) is 19.4 Å². The quantitative estimate of drug-likeness (QED) is 0.596. The summed E-state index contributed by atoms with van der Waals surface area (Å²) in [4.78, 5) is 33.0. The van der Waals surface area contributed by atoms with E-state index in [-0.39, 0.29) is 41.9 Å². The Morgan fingerprint density at radius 2 is 1.94 bits per heavy atom. The van der Waals surface area contributed by atoms with E-state index in [1.807, 2.05) is 48.5 Å². The molecule has 0 saturated carbocycles. The SMILES string of the molecule is O=C(N[C@H](c1ccccc1)c1ccc2nc[nH]c2c1)C1=NN([C@@H]2CCS(=O)(=O)C2)C(=O)CC1. The fourth-order valence-corrected chi connectivity index (χ4v) is 6.03. The Kier molecular flexibility index (Phi) is 5.45. The lowest BCUT2D eigenvalue weighted by atomic mass is 9.97. The lowest BCUT2D eigenvalue weighted by molar-refractivity contribution is -0.133. The van der Waals surface area contributed by atoms with Crippen LogP contribution in [0, 0.1) is 0 Å². The van der Waals surface area contributed by atoms with Gasteiger partial charge >= 0.3 is 0 Å². The number of benzene rings is 2. The highest BCUT2D eigenvalue weighted by molar-refractivity contribution is 7.91. The molecule has 33 heavy (non-hydrogen) atoms. The number of hydrogen-bond donors (Lipinski definition) is 2. The highest BCUT2D eigenvalue weighted by Crippen LogP contribution is 2.26. The van der Waals surface area contributed by atoms with Gasteiger partial charge in [0.1, 0.15) is 5.71 Å². The lowest BCUT2D eigenvalue weighted by Gasteiger charge is -2.28. The number of hydrogen-bond acceptors (Lipinski definition) is 6. The minimum Gasteiger partial charge on any atom is -0.345 e. The number of imidazole rings is 1. The van der Waals surface area contributed by atoms with Crippen molar-refractivity contribution in [2.24, 2.45) is 5.10 Å². The molecule has 1 saturated heterocycles. The van der Waals surface area contributed by atoms with Gasteiger partial charge in [-0.15, -0.1) is 0 Å². The van der Waals surface area contributed by atoms with E-state index in [2.05, 4.69) is 20.4 Å². The van der Waals surface area contributed by atoms with Gasteiger partial charge in [0.25, 0.3) is 5.91 Å². The van der Waals surface area contributed by atoms with E-state index < -0.39 is 21.9 Å². The molecule has 3 aromatic rings. The van der Waals surface area contributed by atoms with E-state index in [4.69, 9.17) is 0 Å². The number of nitrogens with one attached hydrogen (secondary N) is 2. The maximum Gasteiger partial charge on any atom is 0.268 e. The van der Waals surface area contributed by atoms with Crippen molar-refractivity contribution in [3.63, 3.8) is 0 Å². The summed E-state index contributed by atoms with van der Waals surface area (Å²) in [5.74, 6) is -0.719. The fourth-order valence-electron chi connectivity index (χ4n) is 4.34. The third kappa shape index (κ3) is 4.38. The van der Waals surface area contributed by atoms with Crippen LogP contribution in [0.15, 0.2) is 60.0 Å². The van der Waals surface area contributed by atoms with Crippen molar-refractivity contribution >= 4 is 38.4 Å². The number of carbonyl (C=O) groups is 2.